The first-order valence-corrected chi connectivity index (χ1v) is 11.8. The highest BCUT2D eigenvalue weighted by Gasteiger charge is 2.32. The van der Waals surface area contributed by atoms with Gasteiger partial charge in [-0.05, 0) is 43.9 Å². The number of hydrogen-bond acceptors (Lipinski definition) is 6. The minimum atomic E-state index is 0.267. The summed E-state index contributed by atoms with van der Waals surface area (Å²) in [5.41, 5.74) is 4.34. The third-order valence-corrected chi connectivity index (χ3v) is 7.46. The lowest BCUT2D eigenvalue weighted by atomic mass is 10.0. The number of fused-ring (bicyclic) bond motifs is 1. The van der Waals surface area contributed by atoms with Crippen LogP contribution in [0.5, 0.6) is 5.88 Å². The number of hydrogen-bond donors (Lipinski definition) is 1. The van der Waals surface area contributed by atoms with E-state index in [0.717, 1.165) is 94.2 Å². The molecule has 7 heteroatoms. The maximum absolute atomic E-state index is 11.6. The molecule has 1 N–H and O–H groups in total. The van der Waals surface area contributed by atoms with Crippen LogP contribution in [0.4, 0.5) is 5.69 Å². The molecule has 31 heavy (non-hydrogen) atoms. The van der Waals surface area contributed by atoms with Gasteiger partial charge in [0.05, 0.1) is 42.6 Å². The normalized spacial score (nSPS) is 24.0. The molecule has 0 bridgehead atoms. The third-order valence-electron chi connectivity index (χ3n) is 7.46. The van der Waals surface area contributed by atoms with Crippen molar-refractivity contribution in [1.29, 1.82) is 0 Å². The summed E-state index contributed by atoms with van der Waals surface area (Å²) in [5.74, 6) is 0.380. The summed E-state index contributed by atoms with van der Waals surface area (Å²) in [6.45, 7) is 7.88. The lowest BCUT2D eigenvalue weighted by molar-refractivity contribution is -0.0596. The maximum Gasteiger partial charge on any atom is 0.201 e. The molecule has 0 amide bonds. The average molecular weight is 425 g/mol. The first kappa shape index (κ1) is 19.6. The summed E-state index contributed by atoms with van der Waals surface area (Å²) in [7, 11) is 0. The number of aliphatic imine (C=N–C) groups is 1. The van der Waals surface area contributed by atoms with Gasteiger partial charge in [-0.15, -0.1) is 0 Å². The van der Waals surface area contributed by atoms with Gasteiger partial charge >= 0.3 is 0 Å². The van der Waals surface area contributed by atoms with Crippen molar-refractivity contribution in [3.8, 4) is 5.88 Å². The fraction of sp³-hybridized carbons (Fsp3) is 0.625. The van der Waals surface area contributed by atoms with Gasteiger partial charge in [0.2, 0.25) is 5.88 Å². The first-order chi connectivity index (χ1) is 15.3. The Morgan fingerprint density at radius 2 is 1.77 bits per heavy atom. The van der Waals surface area contributed by atoms with Crippen molar-refractivity contribution in [3.05, 3.63) is 23.8 Å². The van der Waals surface area contributed by atoms with Crippen molar-refractivity contribution < 1.29 is 14.6 Å². The molecule has 166 valence electrons. The number of benzene rings is 1. The lowest BCUT2D eigenvalue weighted by Gasteiger charge is -2.38. The van der Waals surface area contributed by atoms with Gasteiger partial charge in [-0.1, -0.05) is 0 Å². The van der Waals surface area contributed by atoms with Crippen LogP contribution >= 0.6 is 0 Å². The van der Waals surface area contributed by atoms with E-state index in [4.69, 9.17) is 14.5 Å². The van der Waals surface area contributed by atoms with E-state index in [2.05, 4.69) is 32.6 Å². The Morgan fingerprint density at radius 3 is 2.52 bits per heavy atom. The van der Waals surface area contributed by atoms with Crippen LogP contribution in [0.1, 0.15) is 37.3 Å². The minimum Gasteiger partial charge on any atom is -0.494 e. The topological polar surface area (TPSA) is 62.5 Å². The third kappa shape index (κ3) is 3.43. The van der Waals surface area contributed by atoms with Gasteiger partial charge in [0, 0.05) is 56.5 Å². The maximum atomic E-state index is 11.6. The molecule has 2 aromatic rings. The van der Waals surface area contributed by atoms with Crippen molar-refractivity contribution in [1.82, 2.24) is 9.47 Å². The minimum absolute atomic E-state index is 0.267. The molecule has 4 aliphatic rings. The summed E-state index contributed by atoms with van der Waals surface area (Å²) in [5, 5.41) is 12.7. The van der Waals surface area contributed by atoms with Crippen LogP contribution in [0.3, 0.4) is 0 Å². The molecule has 0 atom stereocenters. The van der Waals surface area contributed by atoms with Gasteiger partial charge in [0.1, 0.15) is 0 Å². The molecule has 6 rings (SSSR count). The van der Waals surface area contributed by atoms with Gasteiger partial charge in [0.25, 0.3) is 0 Å². The summed E-state index contributed by atoms with van der Waals surface area (Å²) < 4.78 is 13.2. The van der Waals surface area contributed by atoms with Crippen molar-refractivity contribution >= 4 is 22.3 Å². The van der Waals surface area contributed by atoms with Crippen molar-refractivity contribution in [2.75, 3.05) is 64.1 Å². The van der Waals surface area contributed by atoms with Gasteiger partial charge in [-0.2, -0.15) is 0 Å². The molecular formula is C24H32N4O3. The van der Waals surface area contributed by atoms with Crippen molar-refractivity contribution in [2.24, 2.45) is 4.99 Å². The predicted molar refractivity (Wildman–Crippen MR) is 122 cm³/mol. The second kappa shape index (κ2) is 8.11. The van der Waals surface area contributed by atoms with E-state index in [-0.39, 0.29) is 6.04 Å². The van der Waals surface area contributed by atoms with Gasteiger partial charge in [-0.3, -0.25) is 9.89 Å². The summed E-state index contributed by atoms with van der Waals surface area (Å²) in [6, 6.07) is 7.48. The molecule has 0 aliphatic carbocycles. The number of anilines is 1. The highest BCUT2D eigenvalue weighted by molar-refractivity contribution is 6.15. The second-order valence-electron chi connectivity index (χ2n) is 9.30. The lowest BCUT2D eigenvalue weighted by Crippen LogP contribution is -2.53. The van der Waals surface area contributed by atoms with E-state index < -0.39 is 0 Å². The molecule has 3 fully saturated rings. The number of nitrogens with zero attached hydrogens (tertiary/aromatic N) is 4. The number of aromatic hydroxyl groups is 1. The summed E-state index contributed by atoms with van der Waals surface area (Å²) in [4.78, 5) is 9.84. The Kier molecular flexibility index (Phi) is 5.13. The molecule has 3 saturated heterocycles. The molecule has 7 nitrogen and oxygen atoms in total. The molecule has 0 radical (unpaired) electrons. The summed E-state index contributed by atoms with van der Waals surface area (Å²) in [6.07, 6.45) is 4.38. The molecule has 0 unspecified atom stereocenters. The molecule has 4 aliphatic heterocycles. The Morgan fingerprint density at radius 1 is 0.968 bits per heavy atom. The van der Waals surface area contributed by atoms with Crippen LogP contribution in [0.2, 0.25) is 0 Å². The Hall–Kier alpha value is -2.09. The van der Waals surface area contributed by atoms with Gasteiger partial charge < -0.3 is 24.0 Å². The largest absolute Gasteiger partial charge is 0.494 e. The van der Waals surface area contributed by atoms with Crippen molar-refractivity contribution in [2.45, 2.75) is 37.8 Å². The van der Waals surface area contributed by atoms with Gasteiger partial charge in [0.15, 0.2) is 0 Å². The van der Waals surface area contributed by atoms with Crippen LogP contribution < -0.4 is 4.90 Å². The van der Waals surface area contributed by atoms with E-state index in [0.29, 0.717) is 11.9 Å². The molecule has 1 aromatic carbocycles. The van der Waals surface area contributed by atoms with Crippen molar-refractivity contribution in [3.63, 3.8) is 0 Å². The smallest absolute Gasteiger partial charge is 0.201 e. The predicted octanol–water partition coefficient (Wildman–Crippen LogP) is 2.80. The SMILES string of the molecule is Oc1c(C2=NCCN(C3COC3)C2)c2cc(N3CCCC3)ccc2n1C1CCOCC1. The quantitative estimate of drug-likeness (QED) is 0.818. The fourth-order valence-corrected chi connectivity index (χ4v) is 5.60. The zero-order valence-electron chi connectivity index (χ0n) is 18.1. The van der Waals surface area contributed by atoms with Crippen LogP contribution in [0.15, 0.2) is 23.2 Å². The van der Waals surface area contributed by atoms with E-state index in [9.17, 15) is 5.11 Å². The van der Waals surface area contributed by atoms with E-state index in [1.807, 2.05) is 0 Å². The highest BCUT2D eigenvalue weighted by atomic mass is 16.5. The highest BCUT2D eigenvalue weighted by Crippen LogP contribution is 2.40. The molecule has 0 saturated carbocycles. The monoisotopic (exact) mass is 424 g/mol. The number of rotatable bonds is 4. The first-order valence-electron chi connectivity index (χ1n) is 11.8. The fourth-order valence-electron chi connectivity index (χ4n) is 5.60. The van der Waals surface area contributed by atoms with Crippen LogP contribution in [0, 0.1) is 0 Å². The standard InChI is InChI=1S/C24H32N4O3/c29-24-23(21-14-27(10-7-25-21)19-15-31-16-19)20-13-18(26-8-1-2-9-26)3-4-22(20)28(24)17-5-11-30-12-6-17/h3-4,13,17,19,29H,1-2,5-12,14-16H2. The molecule has 5 heterocycles. The van der Waals surface area contributed by atoms with E-state index in [1.54, 1.807) is 0 Å². The Bertz CT molecular complexity index is 984. The van der Waals surface area contributed by atoms with Crippen LogP contribution in [-0.2, 0) is 9.47 Å². The van der Waals surface area contributed by atoms with E-state index >= 15 is 0 Å². The molecule has 0 spiro atoms. The molecule has 1 aromatic heterocycles. The second-order valence-corrected chi connectivity index (χ2v) is 9.30. The molecular weight excluding hydrogens is 392 g/mol. The Labute approximate surface area is 183 Å². The summed E-state index contributed by atoms with van der Waals surface area (Å²) >= 11 is 0. The van der Waals surface area contributed by atoms with Crippen LogP contribution in [-0.4, -0.2) is 85.5 Å². The zero-order chi connectivity index (χ0) is 20.8. The average Bonchev–Trinajstić information content (AvgIpc) is 3.39. The van der Waals surface area contributed by atoms with Crippen LogP contribution in [0.25, 0.3) is 10.9 Å². The zero-order valence-corrected chi connectivity index (χ0v) is 18.1. The number of ether oxygens (including phenoxy) is 2. The number of aromatic nitrogens is 1. The van der Waals surface area contributed by atoms with Gasteiger partial charge in [-0.25, -0.2) is 0 Å². The van der Waals surface area contributed by atoms with E-state index in [1.165, 1.54) is 18.5 Å². The Balaban J connectivity index is 1.45.